The number of sulfonamides is 1. The number of rotatable bonds is 6. The first-order valence-corrected chi connectivity index (χ1v) is 15.0. The lowest BCUT2D eigenvalue weighted by molar-refractivity contribution is -0.117. The Bertz CT molecular complexity index is 1730. The van der Waals surface area contributed by atoms with Crippen LogP contribution in [-0.4, -0.2) is 59.8 Å². The molecule has 0 radical (unpaired) electrons. The zero-order valence-electron chi connectivity index (χ0n) is 22.7. The van der Waals surface area contributed by atoms with Gasteiger partial charge in [-0.15, -0.1) is 0 Å². The number of aryl methyl sites for hydroxylation is 2. The lowest BCUT2D eigenvalue weighted by atomic mass is 10.0. The summed E-state index contributed by atoms with van der Waals surface area (Å²) in [6.45, 7) is 4.45. The average molecular weight is 568 g/mol. The average Bonchev–Trinajstić information content (AvgIpc) is 3.68. The van der Waals surface area contributed by atoms with E-state index in [2.05, 4.69) is 9.72 Å². The maximum Gasteiger partial charge on any atom is 0.227 e. The third kappa shape index (κ3) is 4.35. The van der Waals surface area contributed by atoms with Gasteiger partial charge in [0.05, 0.1) is 42.2 Å². The van der Waals surface area contributed by atoms with Gasteiger partial charge in [-0.3, -0.25) is 4.79 Å². The minimum absolute atomic E-state index is 0.0952. The normalized spacial score (nSPS) is 20.2. The van der Waals surface area contributed by atoms with Crippen LogP contribution in [-0.2, 0) is 14.8 Å². The standard InChI is InChI=1S/C28H30FN5O5S/c1-16-27(17(2)39-31-16)18-5-7-23-22(13-18)30-28(34(23)20-11-12-32(15-20)40(4,36)37)24-8-10-26(35)33(24)19-6-9-25(38-3)21(29)14-19/h5-7,9,13-14,20,24H,8,10-12,15H2,1-4H3/t20-,24+/m1/s1. The number of aromatic nitrogens is 3. The third-order valence-electron chi connectivity index (χ3n) is 7.92. The van der Waals surface area contributed by atoms with Crippen molar-refractivity contribution in [1.82, 2.24) is 19.0 Å². The van der Waals surface area contributed by atoms with Crippen LogP contribution in [0.2, 0.25) is 0 Å². The molecule has 2 atom stereocenters. The zero-order valence-corrected chi connectivity index (χ0v) is 23.5. The van der Waals surface area contributed by atoms with Crippen LogP contribution in [0, 0.1) is 19.7 Å². The van der Waals surface area contributed by atoms with Gasteiger partial charge in [0, 0.05) is 36.8 Å². The monoisotopic (exact) mass is 567 g/mol. The molecule has 210 valence electrons. The van der Waals surface area contributed by atoms with E-state index >= 15 is 0 Å². The van der Waals surface area contributed by atoms with Gasteiger partial charge < -0.3 is 18.7 Å². The molecule has 2 fully saturated rings. The predicted molar refractivity (Wildman–Crippen MR) is 147 cm³/mol. The lowest BCUT2D eigenvalue weighted by Crippen LogP contribution is -2.31. The van der Waals surface area contributed by atoms with Crippen LogP contribution in [0.5, 0.6) is 5.75 Å². The summed E-state index contributed by atoms with van der Waals surface area (Å²) in [7, 11) is -1.98. The van der Waals surface area contributed by atoms with Crippen LogP contribution in [0.1, 0.15) is 48.6 Å². The van der Waals surface area contributed by atoms with Crippen molar-refractivity contribution in [3.63, 3.8) is 0 Å². The molecule has 2 aromatic heterocycles. The Balaban J connectivity index is 1.50. The summed E-state index contributed by atoms with van der Waals surface area (Å²) in [5, 5.41) is 4.08. The van der Waals surface area contributed by atoms with Gasteiger partial charge in [0.15, 0.2) is 11.6 Å². The van der Waals surface area contributed by atoms with Crippen molar-refractivity contribution in [3.8, 4) is 16.9 Å². The Morgan fingerprint density at radius 3 is 2.58 bits per heavy atom. The van der Waals surface area contributed by atoms with Crippen molar-refractivity contribution in [2.75, 3.05) is 31.4 Å². The minimum Gasteiger partial charge on any atom is -0.494 e. The molecule has 2 aromatic carbocycles. The third-order valence-corrected chi connectivity index (χ3v) is 9.19. The maximum atomic E-state index is 14.7. The molecule has 2 saturated heterocycles. The Hall–Kier alpha value is -3.77. The molecular formula is C28H30FN5O5S. The SMILES string of the molecule is COc1ccc(N2C(=O)CC[C@H]2c2nc3cc(-c4c(C)noc4C)ccc3n2[C@@H]2CCN(S(C)(=O)=O)C2)cc1F. The van der Waals surface area contributed by atoms with Crippen LogP contribution < -0.4 is 9.64 Å². The summed E-state index contributed by atoms with van der Waals surface area (Å²) >= 11 is 0. The first kappa shape index (κ1) is 26.5. The van der Waals surface area contributed by atoms with E-state index in [0.29, 0.717) is 48.7 Å². The van der Waals surface area contributed by atoms with E-state index in [-0.39, 0.29) is 24.1 Å². The van der Waals surface area contributed by atoms with Crippen LogP contribution in [0.25, 0.3) is 22.2 Å². The fraction of sp³-hybridized carbons (Fsp3) is 0.393. The topological polar surface area (TPSA) is 111 Å². The number of hydrogen-bond donors (Lipinski definition) is 0. The molecule has 4 aromatic rings. The number of carbonyl (C=O) groups excluding carboxylic acids is 1. The van der Waals surface area contributed by atoms with Crippen molar-refractivity contribution < 1.29 is 26.9 Å². The molecule has 0 spiro atoms. The van der Waals surface area contributed by atoms with Gasteiger partial charge >= 0.3 is 0 Å². The van der Waals surface area contributed by atoms with Crippen LogP contribution in [0.15, 0.2) is 40.9 Å². The van der Waals surface area contributed by atoms with E-state index in [1.54, 1.807) is 11.0 Å². The van der Waals surface area contributed by atoms with Gasteiger partial charge in [-0.2, -0.15) is 0 Å². The van der Waals surface area contributed by atoms with Gasteiger partial charge in [-0.05, 0) is 56.5 Å². The minimum atomic E-state index is -3.37. The first-order chi connectivity index (χ1) is 19.1. The molecule has 12 heteroatoms. The number of hydrogen-bond acceptors (Lipinski definition) is 7. The second-order valence-corrected chi connectivity index (χ2v) is 12.4. The largest absolute Gasteiger partial charge is 0.494 e. The second kappa shape index (κ2) is 9.70. The van der Waals surface area contributed by atoms with Gasteiger partial charge in [0.2, 0.25) is 15.9 Å². The number of anilines is 1. The highest BCUT2D eigenvalue weighted by Gasteiger charge is 2.40. The van der Waals surface area contributed by atoms with E-state index in [0.717, 1.165) is 22.3 Å². The summed E-state index contributed by atoms with van der Waals surface area (Å²) in [6, 6.07) is 9.78. The zero-order chi connectivity index (χ0) is 28.3. The summed E-state index contributed by atoms with van der Waals surface area (Å²) in [5.74, 6) is 0.751. The number of ether oxygens (including phenoxy) is 1. The van der Waals surface area contributed by atoms with Gasteiger partial charge in [0.25, 0.3) is 0 Å². The molecule has 4 heterocycles. The Labute approximate surface area is 231 Å². The van der Waals surface area contributed by atoms with Crippen LogP contribution in [0.3, 0.4) is 0 Å². The fourth-order valence-corrected chi connectivity index (χ4v) is 6.95. The van der Waals surface area contributed by atoms with Crippen molar-refractivity contribution in [1.29, 1.82) is 0 Å². The molecule has 0 unspecified atom stereocenters. The predicted octanol–water partition coefficient (Wildman–Crippen LogP) is 4.53. The van der Waals surface area contributed by atoms with Crippen molar-refractivity contribution in [2.45, 2.75) is 45.2 Å². The smallest absolute Gasteiger partial charge is 0.227 e. The molecular weight excluding hydrogens is 537 g/mol. The number of amides is 1. The molecule has 6 rings (SSSR count). The molecule has 1 amide bonds. The molecule has 2 aliphatic heterocycles. The van der Waals surface area contributed by atoms with Crippen molar-refractivity contribution >= 4 is 32.7 Å². The molecule has 2 aliphatic rings. The quantitative estimate of drug-likeness (QED) is 0.337. The number of halogens is 1. The summed E-state index contributed by atoms with van der Waals surface area (Å²) in [5.41, 5.74) is 4.54. The van der Waals surface area contributed by atoms with E-state index < -0.39 is 21.9 Å². The Kier molecular flexibility index (Phi) is 6.42. The molecule has 0 aliphatic carbocycles. The number of methoxy groups -OCH3 is 1. The summed E-state index contributed by atoms with van der Waals surface area (Å²) in [4.78, 5) is 19.8. The molecule has 0 N–H and O–H groups in total. The number of benzene rings is 2. The number of fused-ring (bicyclic) bond motifs is 1. The van der Waals surface area contributed by atoms with Crippen LogP contribution in [0.4, 0.5) is 10.1 Å². The van der Waals surface area contributed by atoms with E-state index in [1.165, 1.54) is 29.8 Å². The van der Waals surface area contributed by atoms with Gasteiger partial charge in [0.1, 0.15) is 11.6 Å². The lowest BCUT2D eigenvalue weighted by Gasteiger charge is -2.27. The highest BCUT2D eigenvalue weighted by Crippen LogP contribution is 2.42. The van der Waals surface area contributed by atoms with Gasteiger partial charge in [-0.1, -0.05) is 11.2 Å². The number of imidazole rings is 1. The molecule has 40 heavy (non-hydrogen) atoms. The summed E-state index contributed by atoms with van der Waals surface area (Å²) in [6.07, 6.45) is 2.60. The fourth-order valence-electron chi connectivity index (χ4n) is 6.07. The van der Waals surface area contributed by atoms with Crippen LogP contribution >= 0.6 is 0 Å². The number of nitrogens with zero attached hydrogens (tertiary/aromatic N) is 5. The molecule has 0 saturated carbocycles. The maximum absolute atomic E-state index is 14.7. The second-order valence-electron chi connectivity index (χ2n) is 10.4. The Morgan fingerprint density at radius 2 is 1.93 bits per heavy atom. The van der Waals surface area contributed by atoms with Crippen molar-refractivity contribution in [3.05, 3.63) is 59.5 Å². The highest BCUT2D eigenvalue weighted by atomic mass is 32.2. The van der Waals surface area contributed by atoms with E-state index in [9.17, 15) is 17.6 Å². The van der Waals surface area contributed by atoms with Crippen molar-refractivity contribution in [2.24, 2.45) is 0 Å². The van der Waals surface area contributed by atoms with E-state index in [1.807, 2.05) is 32.0 Å². The molecule has 0 bridgehead atoms. The van der Waals surface area contributed by atoms with E-state index in [4.69, 9.17) is 14.2 Å². The van der Waals surface area contributed by atoms with Gasteiger partial charge in [-0.25, -0.2) is 22.1 Å². The number of carbonyl (C=O) groups is 1. The summed E-state index contributed by atoms with van der Waals surface area (Å²) < 4.78 is 53.4. The Morgan fingerprint density at radius 1 is 1.12 bits per heavy atom. The molecule has 10 nitrogen and oxygen atoms in total. The highest BCUT2D eigenvalue weighted by molar-refractivity contribution is 7.88. The first-order valence-electron chi connectivity index (χ1n) is 13.1.